The lowest BCUT2D eigenvalue weighted by Crippen LogP contribution is -2.55. The zero-order valence-electron chi connectivity index (χ0n) is 9.77. The Morgan fingerprint density at radius 3 is 1.87 bits per heavy atom. The molecular weight excluding hydrogens is 204 g/mol. The number of carbonyl (C=O) groups excluding carboxylic acids is 1. The molecule has 0 spiro atoms. The predicted octanol–water partition coefficient (Wildman–Crippen LogP) is 1.55. The highest BCUT2D eigenvalue weighted by molar-refractivity contribution is 5.83. The summed E-state index contributed by atoms with van der Waals surface area (Å²) in [6.45, 7) is 6.98. The van der Waals surface area contributed by atoms with Crippen LogP contribution in [-0.4, -0.2) is 28.6 Å². The summed E-state index contributed by atoms with van der Waals surface area (Å²) in [6.07, 6.45) is 0. The molecule has 0 saturated carbocycles. The molecule has 0 aromatic heterocycles. The quantitative estimate of drug-likeness (QED) is 0.759. The number of rotatable bonds is 4. The van der Waals surface area contributed by atoms with E-state index in [2.05, 4.69) is 5.32 Å². The van der Waals surface area contributed by atoms with Crippen LogP contribution in [0.5, 0.6) is 0 Å². The molecule has 0 heterocycles. The molecule has 0 fully saturated rings. The van der Waals surface area contributed by atoms with E-state index in [1.165, 1.54) is 13.8 Å². The maximum absolute atomic E-state index is 12.6. The Morgan fingerprint density at radius 1 is 1.27 bits per heavy atom. The van der Waals surface area contributed by atoms with Gasteiger partial charge in [-0.05, 0) is 19.8 Å². The van der Waals surface area contributed by atoms with Gasteiger partial charge in [0.2, 0.25) is 0 Å². The van der Waals surface area contributed by atoms with Gasteiger partial charge in [0.25, 0.3) is 5.91 Å². The number of hydrogen-bond donors (Lipinski definition) is 2. The number of alkyl halides is 2. The largest absolute Gasteiger partial charge is 0.388 e. The summed E-state index contributed by atoms with van der Waals surface area (Å²) in [6, 6.07) is -0.698. The fourth-order valence-corrected chi connectivity index (χ4v) is 1.43. The van der Waals surface area contributed by atoms with Gasteiger partial charge in [0.1, 0.15) is 0 Å². The van der Waals surface area contributed by atoms with Crippen LogP contribution in [0, 0.1) is 5.92 Å². The van der Waals surface area contributed by atoms with Crippen LogP contribution in [0.4, 0.5) is 8.78 Å². The zero-order chi connectivity index (χ0) is 12.4. The van der Waals surface area contributed by atoms with Gasteiger partial charge in [-0.3, -0.25) is 4.79 Å². The second kappa shape index (κ2) is 4.43. The minimum atomic E-state index is -3.42. The van der Waals surface area contributed by atoms with E-state index in [0.717, 1.165) is 0 Å². The molecule has 0 saturated heterocycles. The Morgan fingerprint density at radius 2 is 1.67 bits per heavy atom. The Labute approximate surface area is 88.9 Å². The summed E-state index contributed by atoms with van der Waals surface area (Å²) < 4.78 is 25.3. The second-order valence-corrected chi connectivity index (χ2v) is 4.74. The standard InChI is InChI=1S/C10H19F2NO2/c1-6(2)7(9(3,4)15)13-8(14)10(5,11)12/h6-7,15H,1-5H3,(H,13,14)/t7-/m1/s1. The molecular formula is C10H19F2NO2. The van der Waals surface area contributed by atoms with Crippen molar-refractivity contribution in [2.45, 2.75) is 52.2 Å². The first-order valence-corrected chi connectivity index (χ1v) is 4.87. The van der Waals surface area contributed by atoms with E-state index in [0.29, 0.717) is 6.92 Å². The van der Waals surface area contributed by atoms with Crippen LogP contribution in [0.1, 0.15) is 34.6 Å². The Kier molecular flexibility index (Phi) is 4.22. The fraction of sp³-hybridized carbons (Fsp3) is 0.900. The smallest absolute Gasteiger partial charge is 0.321 e. The first kappa shape index (κ1) is 14.3. The van der Waals surface area contributed by atoms with Crippen molar-refractivity contribution in [1.82, 2.24) is 5.32 Å². The van der Waals surface area contributed by atoms with Crippen LogP contribution in [0.15, 0.2) is 0 Å². The molecule has 3 nitrogen and oxygen atoms in total. The van der Waals surface area contributed by atoms with Crippen molar-refractivity contribution < 1.29 is 18.7 Å². The minimum Gasteiger partial charge on any atom is -0.388 e. The van der Waals surface area contributed by atoms with E-state index in [9.17, 15) is 18.7 Å². The second-order valence-electron chi connectivity index (χ2n) is 4.74. The Hall–Kier alpha value is -0.710. The number of aliphatic hydroxyl groups is 1. The summed E-state index contributed by atoms with van der Waals surface area (Å²) in [5.41, 5.74) is -1.23. The average Bonchev–Trinajstić information content (AvgIpc) is 1.94. The van der Waals surface area contributed by atoms with Crippen LogP contribution in [0.3, 0.4) is 0 Å². The number of nitrogens with one attached hydrogen (secondary N) is 1. The molecule has 0 radical (unpaired) electrons. The van der Waals surface area contributed by atoms with Gasteiger partial charge in [0, 0.05) is 6.92 Å². The zero-order valence-corrected chi connectivity index (χ0v) is 9.77. The van der Waals surface area contributed by atoms with Gasteiger partial charge in [-0.2, -0.15) is 8.78 Å². The first-order valence-electron chi connectivity index (χ1n) is 4.87. The molecule has 2 N–H and O–H groups in total. The molecule has 0 aromatic rings. The van der Waals surface area contributed by atoms with E-state index in [1.807, 2.05) is 0 Å². The molecule has 0 aromatic carbocycles. The third-order valence-corrected chi connectivity index (χ3v) is 2.11. The van der Waals surface area contributed by atoms with Crippen LogP contribution >= 0.6 is 0 Å². The molecule has 15 heavy (non-hydrogen) atoms. The molecule has 0 unspecified atom stereocenters. The van der Waals surface area contributed by atoms with E-state index in [1.54, 1.807) is 13.8 Å². The number of hydrogen-bond acceptors (Lipinski definition) is 2. The van der Waals surface area contributed by atoms with Crippen LogP contribution in [-0.2, 0) is 4.79 Å². The van der Waals surface area contributed by atoms with Crippen molar-refractivity contribution >= 4 is 5.91 Å². The van der Waals surface area contributed by atoms with Crippen molar-refractivity contribution in [3.8, 4) is 0 Å². The summed E-state index contributed by atoms with van der Waals surface area (Å²) in [5, 5.41) is 11.9. The summed E-state index contributed by atoms with van der Waals surface area (Å²) in [4.78, 5) is 11.1. The number of halogens is 2. The van der Waals surface area contributed by atoms with E-state index in [-0.39, 0.29) is 5.92 Å². The van der Waals surface area contributed by atoms with Crippen LogP contribution in [0.2, 0.25) is 0 Å². The Balaban J connectivity index is 4.66. The van der Waals surface area contributed by atoms with Gasteiger partial charge in [-0.25, -0.2) is 0 Å². The molecule has 0 rings (SSSR count). The maximum Gasteiger partial charge on any atom is 0.321 e. The number of amides is 1. The third-order valence-electron chi connectivity index (χ3n) is 2.11. The van der Waals surface area contributed by atoms with Crippen molar-refractivity contribution in [2.75, 3.05) is 0 Å². The Bertz CT molecular complexity index is 229. The van der Waals surface area contributed by atoms with E-state index >= 15 is 0 Å². The fourth-order valence-electron chi connectivity index (χ4n) is 1.43. The molecule has 1 amide bonds. The third kappa shape index (κ3) is 4.55. The lowest BCUT2D eigenvalue weighted by Gasteiger charge is -2.33. The van der Waals surface area contributed by atoms with Crippen molar-refractivity contribution in [1.29, 1.82) is 0 Å². The van der Waals surface area contributed by atoms with Gasteiger partial charge >= 0.3 is 5.92 Å². The van der Waals surface area contributed by atoms with Gasteiger partial charge < -0.3 is 10.4 Å². The molecule has 0 aliphatic heterocycles. The summed E-state index contributed by atoms with van der Waals surface area (Å²) in [7, 11) is 0. The average molecular weight is 223 g/mol. The maximum atomic E-state index is 12.6. The summed E-state index contributed by atoms with van der Waals surface area (Å²) >= 11 is 0. The van der Waals surface area contributed by atoms with Crippen molar-refractivity contribution in [3.05, 3.63) is 0 Å². The highest BCUT2D eigenvalue weighted by Gasteiger charge is 2.38. The first-order chi connectivity index (χ1) is 6.46. The highest BCUT2D eigenvalue weighted by Crippen LogP contribution is 2.19. The lowest BCUT2D eigenvalue weighted by atomic mass is 9.89. The molecule has 5 heteroatoms. The molecule has 0 bridgehead atoms. The normalized spacial score (nSPS) is 15.3. The molecule has 0 aliphatic carbocycles. The number of carbonyl (C=O) groups is 1. The van der Waals surface area contributed by atoms with Crippen molar-refractivity contribution in [2.24, 2.45) is 5.92 Å². The molecule has 0 aliphatic rings. The predicted molar refractivity (Wildman–Crippen MR) is 53.7 cm³/mol. The van der Waals surface area contributed by atoms with E-state index in [4.69, 9.17) is 0 Å². The van der Waals surface area contributed by atoms with E-state index < -0.39 is 23.5 Å². The SMILES string of the molecule is CC(C)[C@@H](NC(=O)C(C)(F)F)C(C)(C)O. The van der Waals surface area contributed by atoms with Gasteiger partial charge in [-0.15, -0.1) is 0 Å². The van der Waals surface area contributed by atoms with Crippen LogP contribution in [0.25, 0.3) is 0 Å². The van der Waals surface area contributed by atoms with Gasteiger partial charge in [0.05, 0.1) is 11.6 Å². The monoisotopic (exact) mass is 223 g/mol. The molecule has 1 atom stereocenters. The topological polar surface area (TPSA) is 49.3 Å². The minimum absolute atomic E-state index is 0.128. The lowest BCUT2D eigenvalue weighted by molar-refractivity contribution is -0.146. The highest BCUT2D eigenvalue weighted by atomic mass is 19.3. The van der Waals surface area contributed by atoms with Crippen LogP contribution < -0.4 is 5.32 Å². The summed E-state index contributed by atoms with van der Waals surface area (Å²) in [5.74, 6) is -4.90. The van der Waals surface area contributed by atoms with Gasteiger partial charge in [0.15, 0.2) is 0 Å². The van der Waals surface area contributed by atoms with Gasteiger partial charge in [-0.1, -0.05) is 13.8 Å². The van der Waals surface area contributed by atoms with Crippen molar-refractivity contribution in [3.63, 3.8) is 0 Å². The molecule has 90 valence electrons.